The third kappa shape index (κ3) is 3.96. The van der Waals surface area contributed by atoms with Gasteiger partial charge in [0.2, 0.25) is 0 Å². The Morgan fingerprint density at radius 2 is 2.07 bits per heavy atom. The lowest BCUT2D eigenvalue weighted by atomic mass is 9.95. The molecule has 0 aromatic heterocycles. The Morgan fingerprint density at radius 3 is 2.47 bits per heavy atom. The Morgan fingerprint density at radius 1 is 1.47 bits per heavy atom. The van der Waals surface area contributed by atoms with Gasteiger partial charge in [0.15, 0.2) is 9.84 Å². The largest absolute Gasteiger partial charge is 0.302 e. The third-order valence-electron chi connectivity index (χ3n) is 2.94. The van der Waals surface area contributed by atoms with Gasteiger partial charge < -0.3 is 4.90 Å². The van der Waals surface area contributed by atoms with Gasteiger partial charge in [-0.05, 0) is 24.6 Å². The van der Waals surface area contributed by atoms with Crippen LogP contribution in [-0.4, -0.2) is 50.2 Å². The molecule has 0 bridgehead atoms. The van der Waals surface area contributed by atoms with E-state index in [2.05, 4.69) is 31.4 Å². The number of thiol groups is 1. The van der Waals surface area contributed by atoms with Crippen LogP contribution in [0.3, 0.4) is 0 Å². The van der Waals surface area contributed by atoms with Crippen LogP contribution in [0.25, 0.3) is 0 Å². The lowest BCUT2D eigenvalue weighted by molar-refractivity contribution is 0.187. The molecule has 0 aromatic rings. The summed E-state index contributed by atoms with van der Waals surface area (Å²) in [5.41, 5.74) is 0.143. The second kappa shape index (κ2) is 4.63. The molecule has 0 N–H and O–H groups in total. The normalized spacial score (nSPS) is 26.1. The van der Waals surface area contributed by atoms with Gasteiger partial charge in [0.1, 0.15) is 0 Å². The Bertz CT molecular complexity index is 311. The van der Waals surface area contributed by atoms with Gasteiger partial charge in [-0.3, -0.25) is 0 Å². The van der Waals surface area contributed by atoms with Gasteiger partial charge in [0.25, 0.3) is 0 Å². The first-order valence-electron chi connectivity index (χ1n) is 5.27. The zero-order chi connectivity index (χ0) is 11.7. The SMILES string of the molecule is CN(CC(C)(C)CS)C1CCS(=O)(=O)C1. The Balaban J connectivity index is 2.53. The summed E-state index contributed by atoms with van der Waals surface area (Å²) >= 11 is 4.31. The molecule has 1 aliphatic heterocycles. The molecule has 0 aliphatic carbocycles. The van der Waals surface area contributed by atoms with Gasteiger partial charge in [-0.25, -0.2) is 8.42 Å². The zero-order valence-electron chi connectivity index (χ0n) is 9.73. The molecule has 1 fully saturated rings. The Hall–Kier alpha value is 0.260. The number of hydrogen-bond donors (Lipinski definition) is 1. The quantitative estimate of drug-likeness (QED) is 0.759. The maximum Gasteiger partial charge on any atom is 0.151 e. The van der Waals surface area contributed by atoms with Gasteiger partial charge in [-0.1, -0.05) is 13.8 Å². The van der Waals surface area contributed by atoms with Crippen molar-refractivity contribution in [1.82, 2.24) is 4.90 Å². The van der Waals surface area contributed by atoms with E-state index in [9.17, 15) is 8.42 Å². The van der Waals surface area contributed by atoms with Gasteiger partial charge in [0.05, 0.1) is 11.5 Å². The van der Waals surface area contributed by atoms with Crippen LogP contribution >= 0.6 is 12.6 Å². The average molecular weight is 251 g/mol. The summed E-state index contributed by atoms with van der Waals surface area (Å²) in [6.45, 7) is 5.20. The summed E-state index contributed by atoms with van der Waals surface area (Å²) in [7, 11) is -0.753. The molecule has 3 nitrogen and oxygen atoms in total. The zero-order valence-corrected chi connectivity index (χ0v) is 11.4. The van der Waals surface area contributed by atoms with Crippen LogP contribution in [0.5, 0.6) is 0 Å². The van der Waals surface area contributed by atoms with E-state index in [0.29, 0.717) is 11.5 Å². The minimum atomic E-state index is -2.76. The van der Waals surface area contributed by atoms with E-state index in [1.54, 1.807) is 0 Å². The first-order valence-corrected chi connectivity index (χ1v) is 7.73. The highest BCUT2D eigenvalue weighted by Gasteiger charge is 2.32. The summed E-state index contributed by atoms with van der Waals surface area (Å²) in [5.74, 6) is 1.49. The van der Waals surface area contributed by atoms with Crippen molar-refractivity contribution in [3.05, 3.63) is 0 Å². The third-order valence-corrected chi connectivity index (χ3v) is 5.54. The van der Waals surface area contributed by atoms with Crippen LogP contribution in [0.4, 0.5) is 0 Å². The van der Waals surface area contributed by atoms with E-state index in [0.717, 1.165) is 18.7 Å². The van der Waals surface area contributed by atoms with Crippen molar-refractivity contribution in [2.75, 3.05) is 30.9 Å². The second-order valence-electron chi connectivity index (χ2n) is 5.29. The van der Waals surface area contributed by atoms with Gasteiger partial charge in [-0.15, -0.1) is 0 Å². The number of sulfone groups is 1. The van der Waals surface area contributed by atoms with Gasteiger partial charge >= 0.3 is 0 Å². The van der Waals surface area contributed by atoms with Crippen molar-refractivity contribution in [3.63, 3.8) is 0 Å². The van der Waals surface area contributed by atoms with Crippen molar-refractivity contribution in [2.24, 2.45) is 5.41 Å². The maximum absolute atomic E-state index is 11.3. The van der Waals surface area contributed by atoms with Crippen LogP contribution in [0.1, 0.15) is 20.3 Å². The topological polar surface area (TPSA) is 37.4 Å². The standard InChI is InChI=1S/C10H21NO2S2/c1-10(2,8-14)7-11(3)9-4-5-15(12,13)6-9/h9,14H,4-8H2,1-3H3. The van der Waals surface area contributed by atoms with Crippen LogP contribution in [0, 0.1) is 5.41 Å². The summed E-state index contributed by atoms with van der Waals surface area (Å²) in [6.07, 6.45) is 0.779. The molecule has 1 saturated heterocycles. The second-order valence-corrected chi connectivity index (χ2v) is 7.84. The summed E-state index contributed by atoms with van der Waals surface area (Å²) < 4.78 is 22.7. The summed E-state index contributed by atoms with van der Waals surface area (Å²) in [5, 5.41) is 0. The molecule has 90 valence electrons. The Labute approximate surface area is 98.6 Å². The minimum Gasteiger partial charge on any atom is -0.302 e. The lowest BCUT2D eigenvalue weighted by Crippen LogP contribution is -2.40. The molecule has 1 aliphatic rings. The van der Waals surface area contributed by atoms with Crippen LogP contribution in [0.15, 0.2) is 0 Å². The molecule has 15 heavy (non-hydrogen) atoms. The van der Waals surface area contributed by atoms with Gasteiger partial charge in [0, 0.05) is 12.6 Å². The summed E-state index contributed by atoms with van der Waals surface area (Å²) in [6, 6.07) is 0.203. The van der Waals surface area contributed by atoms with E-state index in [1.165, 1.54) is 0 Å². The van der Waals surface area contributed by atoms with Crippen molar-refractivity contribution in [1.29, 1.82) is 0 Å². The van der Waals surface area contributed by atoms with Crippen LogP contribution < -0.4 is 0 Å². The molecule has 1 heterocycles. The molecule has 0 spiro atoms. The van der Waals surface area contributed by atoms with Crippen molar-refractivity contribution < 1.29 is 8.42 Å². The fourth-order valence-corrected chi connectivity index (χ4v) is 3.88. The molecule has 0 amide bonds. The highest BCUT2D eigenvalue weighted by Crippen LogP contribution is 2.23. The van der Waals surface area contributed by atoms with E-state index in [4.69, 9.17) is 0 Å². The highest BCUT2D eigenvalue weighted by atomic mass is 32.2. The monoisotopic (exact) mass is 251 g/mol. The molecule has 1 unspecified atom stereocenters. The van der Waals surface area contributed by atoms with E-state index in [1.807, 2.05) is 7.05 Å². The molecular weight excluding hydrogens is 230 g/mol. The molecule has 0 aromatic carbocycles. The molecule has 1 atom stereocenters. The number of nitrogens with zero attached hydrogens (tertiary/aromatic N) is 1. The molecule has 5 heteroatoms. The molecule has 0 saturated carbocycles. The fourth-order valence-electron chi connectivity index (χ4n) is 1.98. The van der Waals surface area contributed by atoms with E-state index in [-0.39, 0.29) is 11.5 Å². The maximum atomic E-state index is 11.3. The number of hydrogen-bond acceptors (Lipinski definition) is 4. The minimum absolute atomic E-state index is 0.143. The van der Waals surface area contributed by atoms with Crippen molar-refractivity contribution in [3.8, 4) is 0 Å². The Kier molecular flexibility index (Phi) is 4.12. The van der Waals surface area contributed by atoms with Crippen LogP contribution in [0.2, 0.25) is 0 Å². The predicted molar refractivity (Wildman–Crippen MR) is 67.3 cm³/mol. The highest BCUT2D eigenvalue weighted by molar-refractivity contribution is 7.91. The van der Waals surface area contributed by atoms with Gasteiger partial charge in [-0.2, -0.15) is 12.6 Å². The molecule has 1 rings (SSSR count). The number of rotatable bonds is 4. The van der Waals surface area contributed by atoms with Crippen molar-refractivity contribution in [2.45, 2.75) is 26.3 Å². The lowest BCUT2D eigenvalue weighted by Gasteiger charge is -2.32. The smallest absolute Gasteiger partial charge is 0.151 e. The predicted octanol–water partition coefficient (Wildman–Crippen LogP) is 1.06. The fraction of sp³-hybridized carbons (Fsp3) is 1.00. The first-order chi connectivity index (χ1) is 6.76. The van der Waals surface area contributed by atoms with Crippen molar-refractivity contribution >= 4 is 22.5 Å². The summed E-state index contributed by atoms with van der Waals surface area (Å²) in [4.78, 5) is 2.17. The average Bonchev–Trinajstić information content (AvgIpc) is 2.45. The molecule has 0 radical (unpaired) electrons. The molecular formula is C10H21NO2S2. The van der Waals surface area contributed by atoms with Crippen LogP contribution in [-0.2, 0) is 9.84 Å². The van der Waals surface area contributed by atoms with E-state index < -0.39 is 9.84 Å². The van der Waals surface area contributed by atoms with E-state index >= 15 is 0 Å². The first kappa shape index (κ1) is 13.3.